The fourth-order valence-corrected chi connectivity index (χ4v) is 1.57. The number of rotatable bonds is 7. The second-order valence-electron chi connectivity index (χ2n) is 4.61. The Bertz CT molecular complexity index is 495. The van der Waals surface area contributed by atoms with E-state index in [1.54, 1.807) is 0 Å². The number of esters is 2. The molecule has 0 heterocycles. The molecule has 122 valence electrons. The summed E-state index contributed by atoms with van der Waals surface area (Å²) >= 11 is 0. The maximum Gasteiger partial charge on any atom is 0.422 e. The summed E-state index contributed by atoms with van der Waals surface area (Å²) in [5, 5.41) is 0. The smallest absolute Gasteiger partial charge is 0.422 e. The van der Waals surface area contributed by atoms with Gasteiger partial charge < -0.3 is 9.47 Å². The van der Waals surface area contributed by atoms with Crippen LogP contribution >= 0.6 is 0 Å². The molecule has 22 heavy (non-hydrogen) atoms. The monoisotopic (exact) mass is 318 g/mol. The van der Waals surface area contributed by atoms with Crippen LogP contribution in [0.4, 0.5) is 13.2 Å². The molecule has 0 radical (unpaired) electrons. The van der Waals surface area contributed by atoms with Gasteiger partial charge >= 0.3 is 18.1 Å². The number of carbonyl (C=O) groups is 2. The van der Waals surface area contributed by atoms with E-state index in [2.05, 4.69) is 4.74 Å². The lowest BCUT2D eigenvalue weighted by Crippen LogP contribution is -2.20. The number of benzene rings is 1. The molecule has 0 atom stereocenters. The van der Waals surface area contributed by atoms with E-state index < -0.39 is 24.7 Å². The molecule has 0 saturated heterocycles. The summed E-state index contributed by atoms with van der Waals surface area (Å²) < 4.78 is 44.9. The number of alkyl halides is 3. The molecule has 1 rings (SSSR count). The number of hydrogen-bond acceptors (Lipinski definition) is 4. The first kappa shape index (κ1) is 18.0. The molecule has 0 unspecified atom stereocenters. The third-order valence-electron chi connectivity index (χ3n) is 2.70. The Morgan fingerprint density at radius 3 is 1.91 bits per heavy atom. The van der Waals surface area contributed by atoms with Crippen LogP contribution in [0.15, 0.2) is 24.3 Å². The molecule has 0 saturated carbocycles. The van der Waals surface area contributed by atoms with Crippen LogP contribution in [-0.2, 0) is 9.47 Å². The van der Waals surface area contributed by atoms with Crippen LogP contribution in [0, 0.1) is 0 Å². The average molecular weight is 318 g/mol. The molecule has 7 heteroatoms. The van der Waals surface area contributed by atoms with Crippen molar-refractivity contribution in [2.75, 3.05) is 13.2 Å². The standard InChI is InChI=1S/C15H17F3O4/c1-2-3-4-9-21-13(19)11-5-7-12(8-6-11)14(20)22-10-15(16,17)18/h5-8H,2-4,9-10H2,1H3. The summed E-state index contributed by atoms with van der Waals surface area (Å²) in [4.78, 5) is 23.0. The highest BCUT2D eigenvalue weighted by Crippen LogP contribution is 2.16. The van der Waals surface area contributed by atoms with E-state index in [1.165, 1.54) is 24.3 Å². The molecule has 0 aliphatic heterocycles. The Morgan fingerprint density at radius 2 is 1.45 bits per heavy atom. The Hall–Kier alpha value is -2.05. The summed E-state index contributed by atoms with van der Waals surface area (Å²) in [6.45, 7) is 0.688. The van der Waals surface area contributed by atoms with E-state index >= 15 is 0 Å². The first-order chi connectivity index (χ1) is 10.3. The molecule has 4 nitrogen and oxygen atoms in total. The van der Waals surface area contributed by atoms with Crippen molar-refractivity contribution in [3.63, 3.8) is 0 Å². The summed E-state index contributed by atoms with van der Waals surface area (Å²) in [5.41, 5.74) is 0.163. The molecule has 0 amide bonds. The molecule has 1 aromatic rings. The minimum absolute atomic E-state index is 0.0632. The van der Waals surface area contributed by atoms with Gasteiger partial charge in [0, 0.05) is 0 Å². The zero-order valence-electron chi connectivity index (χ0n) is 12.1. The van der Waals surface area contributed by atoms with E-state index in [4.69, 9.17) is 4.74 Å². The zero-order valence-corrected chi connectivity index (χ0v) is 12.1. The maximum atomic E-state index is 11.9. The molecule has 0 N–H and O–H groups in total. The third-order valence-corrected chi connectivity index (χ3v) is 2.70. The lowest BCUT2D eigenvalue weighted by molar-refractivity contribution is -0.161. The molecule has 0 aliphatic carbocycles. The van der Waals surface area contributed by atoms with Crippen molar-refractivity contribution in [3.8, 4) is 0 Å². The predicted molar refractivity (Wildman–Crippen MR) is 72.6 cm³/mol. The molecule has 0 aromatic heterocycles. The second-order valence-corrected chi connectivity index (χ2v) is 4.61. The van der Waals surface area contributed by atoms with Gasteiger partial charge in [-0.15, -0.1) is 0 Å². The quantitative estimate of drug-likeness (QED) is 0.567. The Balaban J connectivity index is 2.51. The minimum atomic E-state index is -4.57. The fraction of sp³-hybridized carbons (Fsp3) is 0.467. The van der Waals surface area contributed by atoms with E-state index in [9.17, 15) is 22.8 Å². The van der Waals surface area contributed by atoms with E-state index in [0.29, 0.717) is 6.61 Å². The van der Waals surface area contributed by atoms with Crippen molar-refractivity contribution >= 4 is 11.9 Å². The summed E-state index contributed by atoms with van der Waals surface area (Å²) in [5.74, 6) is -1.63. The molecule has 0 aliphatic rings. The van der Waals surface area contributed by atoms with Gasteiger partial charge in [-0.3, -0.25) is 0 Å². The van der Waals surface area contributed by atoms with Crippen LogP contribution in [0.3, 0.4) is 0 Å². The number of unbranched alkanes of at least 4 members (excludes halogenated alkanes) is 2. The molecule has 0 bridgehead atoms. The Kier molecular flexibility index (Phi) is 6.88. The van der Waals surface area contributed by atoms with Gasteiger partial charge in [0.25, 0.3) is 0 Å². The average Bonchev–Trinajstić information content (AvgIpc) is 2.48. The normalized spacial score (nSPS) is 11.1. The lowest BCUT2D eigenvalue weighted by Gasteiger charge is -2.08. The molecular formula is C15H17F3O4. The summed E-state index contributed by atoms with van der Waals surface area (Å²) in [7, 11) is 0. The van der Waals surface area contributed by atoms with Crippen LogP contribution in [0.1, 0.15) is 46.9 Å². The number of ether oxygens (including phenoxy) is 2. The fourth-order valence-electron chi connectivity index (χ4n) is 1.57. The van der Waals surface area contributed by atoms with Gasteiger partial charge in [-0.25, -0.2) is 9.59 Å². The lowest BCUT2D eigenvalue weighted by atomic mass is 10.1. The number of halogens is 3. The largest absolute Gasteiger partial charge is 0.462 e. The third kappa shape index (κ3) is 6.60. The van der Waals surface area contributed by atoms with E-state index in [0.717, 1.165) is 19.3 Å². The van der Waals surface area contributed by atoms with Crippen molar-refractivity contribution in [1.82, 2.24) is 0 Å². The Labute approximate surface area is 126 Å². The number of hydrogen-bond donors (Lipinski definition) is 0. The zero-order chi connectivity index (χ0) is 16.6. The van der Waals surface area contributed by atoms with Gasteiger partial charge in [-0.05, 0) is 30.7 Å². The van der Waals surface area contributed by atoms with Crippen LogP contribution in [0.25, 0.3) is 0 Å². The minimum Gasteiger partial charge on any atom is -0.462 e. The van der Waals surface area contributed by atoms with Crippen LogP contribution in [0.2, 0.25) is 0 Å². The van der Waals surface area contributed by atoms with Crippen molar-refractivity contribution < 1.29 is 32.2 Å². The highest BCUT2D eigenvalue weighted by Gasteiger charge is 2.29. The van der Waals surface area contributed by atoms with Crippen molar-refractivity contribution in [3.05, 3.63) is 35.4 Å². The van der Waals surface area contributed by atoms with Crippen LogP contribution in [0.5, 0.6) is 0 Å². The molecule has 1 aromatic carbocycles. The van der Waals surface area contributed by atoms with Crippen molar-refractivity contribution in [2.24, 2.45) is 0 Å². The van der Waals surface area contributed by atoms with E-state index in [-0.39, 0.29) is 11.1 Å². The highest BCUT2D eigenvalue weighted by atomic mass is 19.4. The molecule has 0 spiro atoms. The van der Waals surface area contributed by atoms with Crippen LogP contribution in [-0.4, -0.2) is 31.3 Å². The van der Waals surface area contributed by atoms with Crippen molar-refractivity contribution in [2.45, 2.75) is 32.4 Å². The predicted octanol–water partition coefficient (Wildman–Crippen LogP) is 3.75. The van der Waals surface area contributed by atoms with E-state index in [1.807, 2.05) is 6.92 Å². The second kappa shape index (κ2) is 8.41. The molecular weight excluding hydrogens is 301 g/mol. The van der Waals surface area contributed by atoms with Gasteiger partial charge in [0.15, 0.2) is 6.61 Å². The maximum absolute atomic E-state index is 11.9. The van der Waals surface area contributed by atoms with Gasteiger partial charge in [-0.2, -0.15) is 13.2 Å². The summed E-state index contributed by atoms with van der Waals surface area (Å²) in [6, 6.07) is 5.07. The number of carbonyl (C=O) groups excluding carboxylic acids is 2. The Morgan fingerprint density at radius 1 is 0.955 bits per heavy atom. The first-order valence-electron chi connectivity index (χ1n) is 6.84. The summed E-state index contributed by atoms with van der Waals surface area (Å²) in [6.07, 6.45) is -1.84. The molecule has 0 fully saturated rings. The van der Waals surface area contributed by atoms with Gasteiger partial charge in [-0.1, -0.05) is 19.8 Å². The topological polar surface area (TPSA) is 52.6 Å². The SMILES string of the molecule is CCCCCOC(=O)c1ccc(C(=O)OCC(F)(F)F)cc1. The van der Waals surface area contributed by atoms with Crippen LogP contribution < -0.4 is 0 Å². The van der Waals surface area contributed by atoms with Gasteiger partial charge in [0.2, 0.25) is 0 Å². The first-order valence-corrected chi connectivity index (χ1v) is 6.84. The van der Waals surface area contributed by atoms with Crippen molar-refractivity contribution in [1.29, 1.82) is 0 Å². The van der Waals surface area contributed by atoms with Gasteiger partial charge in [0.05, 0.1) is 17.7 Å². The highest BCUT2D eigenvalue weighted by molar-refractivity contribution is 5.93. The van der Waals surface area contributed by atoms with Gasteiger partial charge in [0.1, 0.15) is 0 Å².